The molecule has 0 bridgehead atoms. The number of anilines is 2. The number of carbonyl (C=O) groups excluding carboxylic acids is 1. The third-order valence-corrected chi connectivity index (χ3v) is 5.49. The van der Waals surface area contributed by atoms with Crippen LogP contribution in [0.3, 0.4) is 0 Å². The van der Waals surface area contributed by atoms with Crippen molar-refractivity contribution in [1.29, 1.82) is 0 Å². The van der Waals surface area contributed by atoms with E-state index >= 15 is 0 Å². The number of nitrogens with two attached hydrogens (primary N) is 1. The monoisotopic (exact) mass is 389 g/mol. The summed E-state index contributed by atoms with van der Waals surface area (Å²) in [6.45, 7) is 3.93. The van der Waals surface area contributed by atoms with Crippen LogP contribution in [0.25, 0.3) is 11.1 Å². The van der Waals surface area contributed by atoms with Crippen LogP contribution in [0.2, 0.25) is 0 Å². The Hall–Kier alpha value is -3.54. The van der Waals surface area contributed by atoms with Crippen LogP contribution in [0.4, 0.5) is 11.5 Å². The highest BCUT2D eigenvalue weighted by molar-refractivity contribution is 6.09. The molecule has 1 amide bonds. The maximum absolute atomic E-state index is 13.2. The number of amides is 1. The lowest BCUT2D eigenvalue weighted by Gasteiger charge is -2.35. The molecule has 2 heterocycles. The maximum atomic E-state index is 13.2. The second-order valence-corrected chi connectivity index (χ2v) is 7.53. The number of aryl methyl sites for hydroxylation is 2. The summed E-state index contributed by atoms with van der Waals surface area (Å²) in [5, 5.41) is 19.7. The van der Waals surface area contributed by atoms with Gasteiger partial charge >= 0.3 is 0 Å². The van der Waals surface area contributed by atoms with Crippen LogP contribution in [-0.2, 0) is 6.42 Å². The summed E-state index contributed by atoms with van der Waals surface area (Å²) < 4.78 is 0. The molecule has 2 aromatic carbocycles. The van der Waals surface area contributed by atoms with Gasteiger partial charge in [-0.1, -0.05) is 6.07 Å². The Kier molecular flexibility index (Phi) is 4.62. The molecule has 148 valence electrons. The fourth-order valence-corrected chi connectivity index (χ4v) is 3.81. The number of pyridine rings is 1. The number of aromatic nitrogens is 1. The predicted molar refractivity (Wildman–Crippen MR) is 113 cm³/mol. The quantitative estimate of drug-likeness (QED) is 0.614. The van der Waals surface area contributed by atoms with Crippen molar-refractivity contribution in [2.24, 2.45) is 0 Å². The Labute approximate surface area is 169 Å². The molecule has 29 heavy (non-hydrogen) atoms. The number of nitrogen functional groups attached to an aromatic ring is 1. The van der Waals surface area contributed by atoms with E-state index in [0.717, 1.165) is 40.8 Å². The molecule has 1 aromatic heterocycles. The second-order valence-electron chi connectivity index (χ2n) is 7.53. The van der Waals surface area contributed by atoms with Gasteiger partial charge < -0.3 is 20.8 Å². The van der Waals surface area contributed by atoms with E-state index in [-0.39, 0.29) is 29.0 Å². The number of fused-ring (bicyclic) bond motifs is 1. The molecule has 6 heteroatoms. The molecular weight excluding hydrogens is 366 g/mol. The zero-order chi connectivity index (χ0) is 20.7. The molecule has 0 radical (unpaired) electrons. The van der Waals surface area contributed by atoms with Crippen LogP contribution in [-0.4, -0.2) is 27.1 Å². The number of carbonyl (C=O) groups is 1. The van der Waals surface area contributed by atoms with Gasteiger partial charge in [0.2, 0.25) is 0 Å². The van der Waals surface area contributed by atoms with Crippen molar-refractivity contribution in [3.05, 3.63) is 65.4 Å². The Balaban J connectivity index is 1.74. The van der Waals surface area contributed by atoms with Gasteiger partial charge in [0.1, 0.15) is 17.3 Å². The zero-order valence-corrected chi connectivity index (χ0v) is 16.4. The molecule has 0 saturated heterocycles. The van der Waals surface area contributed by atoms with Gasteiger partial charge in [0.25, 0.3) is 5.91 Å². The molecule has 0 saturated carbocycles. The van der Waals surface area contributed by atoms with Crippen LogP contribution in [0, 0.1) is 6.92 Å². The first-order valence-electron chi connectivity index (χ1n) is 9.56. The molecule has 0 unspecified atom stereocenters. The van der Waals surface area contributed by atoms with Crippen molar-refractivity contribution in [2.75, 3.05) is 10.6 Å². The van der Waals surface area contributed by atoms with Crippen molar-refractivity contribution in [1.82, 2.24) is 4.98 Å². The number of phenols is 2. The number of benzene rings is 2. The summed E-state index contributed by atoms with van der Waals surface area (Å²) in [4.78, 5) is 19.2. The van der Waals surface area contributed by atoms with Crippen molar-refractivity contribution < 1.29 is 15.0 Å². The lowest BCUT2D eigenvalue weighted by atomic mass is 9.92. The minimum atomic E-state index is -0.284. The van der Waals surface area contributed by atoms with Crippen molar-refractivity contribution in [3.8, 4) is 22.6 Å². The summed E-state index contributed by atoms with van der Waals surface area (Å²) in [5.41, 5.74) is 10.8. The number of hydrogen-bond acceptors (Lipinski definition) is 5. The lowest BCUT2D eigenvalue weighted by molar-refractivity contribution is 0.0972. The second kappa shape index (κ2) is 7.13. The molecule has 1 atom stereocenters. The van der Waals surface area contributed by atoms with Gasteiger partial charge in [-0.2, -0.15) is 0 Å². The summed E-state index contributed by atoms with van der Waals surface area (Å²) in [6.07, 6.45) is 3.43. The number of hydrogen-bond donors (Lipinski definition) is 3. The fourth-order valence-electron chi connectivity index (χ4n) is 3.81. The van der Waals surface area contributed by atoms with Crippen molar-refractivity contribution in [3.63, 3.8) is 0 Å². The number of aromatic hydroxyl groups is 2. The van der Waals surface area contributed by atoms with Gasteiger partial charge in [-0.05, 0) is 73.7 Å². The van der Waals surface area contributed by atoms with Crippen LogP contribution in [0.15, 0.2) is 48.7 Å². The van der Waals surface area contributed by atoms with Crippen LogP contribution in [0.1, 0.15) is 34.8 Å². The van der Waals surface area contributed by atoms with E-state index < -0.39 is 0 Å². The molecule has 0 spiro atoms. The third-order valence-electron chi connectivity index (χ3n) is 5.49. The average Bonchev–Trinajstić information content (AvgIpc) is 2.69. The Morgan fingerprint density at radius 2 is 1.93 bits per heavy atom. The minimum Gasteiger partial charge on any atom is -0.508 e. The first kappa shape index (κ1) is 18.8. The maximum Gasteiger partial charge on any atom is 0.262 e. The van der Waals surface area contributed by atoms with E-state index in [4.69, 9.17) is 5.73 Å². The zero-order valence-electron chi connectivity index (χ0n) is 16.4. The summed E-state index contributed by atoms with van der Waals surface area (Å²) in [6, 6.07) is 12.0. The molecule has 0 fully saturated rings. The number of rotatable bonds is 2. The fraction of sp³-hybridized carbons (Fsp3) is 0.217. The molecule has 1 aliphatic rings. The Morgan fingerprint density at radius 1 is 1.14 bits per heavy atom. The third kappa shape index (κ3) is 3.38. The topological polar surface area (TPSA) is 99.7 Å². The van der Waals surface area contributed by atoms with Crippen molar-refractivity contribution >= 4 is 17.4 Å². The molecule has 4 rings (SSSR count). The van der Waals surface area contributed by atoms with Gasteiger partial charge in [-0.3, -0.25) is 4.79 Å². The van der Waals surface area contributed by atoms with Gasteiger partial charge in [0.05, 0.1) is 5.56 Å². The average molecular weight is 389 g/mol. The summed E-state index contributed by atoms with van der Waals surface area (Å²) >= 11 is 0. The molecular formula is C23H23N3O3. The standard InChI is InChI=1S/C23H23N3O3/c1-13-9-17(12-25-22(13)24)15-5-8-20-16(10-15)4-3-14(2)26(20)23(29)19-7-6-18(27)11-21(19)28/h5-12,14,27-28H,3-4H2,1-2H3,(H2,24,25)/t14-/m0/s1. The smallest absolute Gasteiger partial charge is 0.262 e. The van der Waals surface area contributed by atoms with Gasteiger partial charge in [0, 0.05) is 29.6 Å². The molecule has 4 N–H and O–H groups in total. The van der Waals surface area contributed by atoms with E-state index in [0.29, 0.717) is 5.82 Å². The highest BCUT2D eigenvalue weighted by Gasteiger charge is 2.30. The normalized spacial score (nSPS) is 15.8. The number of phenolic OH excluding ortho intramolecular Hbond substituents is 2. The minimum absolute atomic E-state index is 0.00510. The predicted octanol–water partition coefficient (Wildman–Crippen LogP) is 4.03. The first-order chi connectivity index (χ1) is 13.8. The van der Waals surface area contributed by atoms with E-state index in [1.165, 1.54) is 18.2 Å². The van der Waals surface area contributed by atoms with E-state index in [2.05, 4.69) is 11.1 Å². The lowest BCUT2D eigenvalue weighted by Crippen LogP contribution is -2.42. The molecule has 0 aliphatic carbocycles. The molecule has 6 nitrogen and oxygen atoms in total. The van der Waals surface area contributed by atoms with Crippen LogP contribution in [0.5, 0.6) is 11.5 Å². The first-order valence-corrected chi connectivity index (χ1v) is 9.56. The SMILES string of the molecule is Cc1cc(-c2ccc3c(c2)CC[C@H](C)N3C(=O)c2ccc(O)cc2O)cnc1N. The van der Waals surface area contributed by atoms with Crippen LogP contribution >= 0.6 is 0 Å². The van der Waals surface area contributed by atoms with Gasteiger partial charge in [-0.25, -0.2) is 4.98 Å². The highest BCUT2D eigenvalue weighted by Crippen LogP contribution is 2.36. The largest absolute Gasteiger partial charge is 0.508 e. The van der Waals surface area contributed by atoms with E-state index in [1.54, 1.807) is 11.1 Å². The summed E-state index contributed by atoms with van der Waals surface area (Å²) in [5.74, 6) is -0.0720. The van der Waals surface area contributed by atoms with Gasteiger partial charge in [0.15, 0.2) is 0 Å². The number of nitrogens with zero attached hydrogens (tertiary/aromatic N) is 2. The van der Waals surface area contributed by atoms with E-state index in [9.17, 15) is 15.0 Å². The Bertz CT molecular complexity index is 1110. The summed E-state index contributed by atoms with van der Waals surface area (Å²) in [7, 11) is 0. The van der Waals surface area contributed by atoms with Gasteiger partial charge in [-0.15, -0.1) is 0 Å². The molecule has 3 aromatic rings. The van der Waals surface area contributed by atoms with E-state index in [1.807, 2.05) is 32.0 Å². The highest BCUT2D eigenvalue weighted by atomic mass is 16.3. The van der Waals surface area contributed by atoms with Crippen molar-refractivity contribution in [2.45, 2.75) is 32.7 Å². The van der Waals surface area contributed by atoms with Crippen LogP contribution < -0.4 is 10.6 Å². The molecule has 1 aliphatic heterocycles. The Morgan fingerprint density at radius 3 is 2.66 bits per heavy atom.